The van der Waals surface area contributed by atoms with Crippen molar-refractivity contribution in [2.24, 2.45) is 0 Å². The summed E-state index contributed by atoms with van der Waals surface area (Å²) in [5.74, 6) is -2.53. The molecule has 7 nitrogen and oxygen atoms in total. The molecule has 0 bridgehead atoms. The van der Waals surface area contributed by atoms with Crippen molar-refractivity contribution in [2.75, 3.05) is 13.1 Å². The molecule has 2 rings (SSSR count). The van der Waals surface area contributed by atoms with Crippen LogP contribution in [0, 0.1) is 11.6 Å². The van der Waals surface area contributed by atoms with Crippen molar-refractivity contribution in [3.8, 4) is 0 Å². The number of benzene rings is 1. The Hall–Kier alpha value is -3.23. The summed E-state index contributed by atoms with van der Waals surface area (Å²) < 4.78 is 31.3. The lowest BCUT2D eigenvalue weighted by Crippen LogP contribution is -2.36. The van der Waals surface area contributed by atoms with E-state index in [1.165, 1.54) is 6.26 Å². The van der Waals surface area contributed by atoms with E-state index in [9.17, 15) is 23.2 Å². The van der Waals surface area contributed by atoms with Crippen molar-refractivity contribution >= 4 is 17.7 Å². The number of nitrogens with one attached hydrogen (secondary N) is 3. The largest absolute Gasteiger partial charge is 0.467 e. The van der Waals surface area contributed by atoms with Crippen LogP contribution in [0.1, 0.15) is 29.0 Å². The first-order valence-corrected chi connectivity index (χ1v) is 8.24. The fourth-order valence-corrected chi connectivity index (χ4v) is 2.15. The van der Waals surface area contributed by atoms with Crippen LogP contribution < -0.4 is 16.0 Å². The van der Waals surface area contributed by atoms with E-state index in [-0.39, 0.29) is 43.4 Å². The summed E-state index contributed by atoms with van der Waals surface area (Å²) in [6, 6.07) is 6.08. The van der Waals surface area contributed by atoms with Gasteiger partial charge in [0.1, 0.15) is 17.4 Å². The molecular formula is C18H19F2N3O4. The van der Waals surface area contributed by atoms with Crippen LogP contribution in [0.4, 0.5) is 8.78 Å². The molecule has 0 aliphatic carbocycles. The van der Waals surface area contributed by atoms with Gasteiger partial charge in [-0.05, 0) is 30.7 Å². The Bertz CT molecular complexity index is 794. The smallest absolute Gasteiger partial charge is 0.254 e. The fourth-order valence-electron chi connectivity index (χ4n) is 2.15. The summed E-state index contributed by atoms with van der Waals surface area (Å²) in [5.41, 5.74) is -0.269. The molecule has 0 unspecified atom stereocenters. The second kappa shape index (κ2) is 10.0. The first-order valence-electron chi connectivity index (χ1n) is 8.24. The lowest BCUT2D eigenvalue weighted by Gasteiger charge is -2.07. The number of carbonyl (C=O) groups is 3. The highest BCUT2D eigenvalue weighted by Crippen LogP contribution is 2.09. The topological polar surface area (TPSA) is 100 Å². The zero-order valence-corrected chi connectivity index (χ0v) is 14.4. The minimum absolute atomic E-state index is 0.0810. The second-order valence-corrected chi connectivity index (χ2v) is 5.62. The normalized spacial score (nSPS) is 10.3. The van der Waals surface area contributed by atoms with Gasteiger partial charge in [-0.25, -0.2) is 8.78 Å². The molecule has 3 amide bonds. The molecule has 1 aromatic heterocycles. The Balaban J connectivity index is 1.58. The molecule has 1 heterocycles. The summed E-state index contributed by atoms with van der Waals surface area (Å²) in [5, 5.41) is 7.48. The first kappa shape index (κ1) is 20.1. The predicted molar refractivity (Wildman–Crippen MR) is 91.5 cm³/mol. The maximum atomic E-state index is 13.5. The second-order valence-electron chi connectivity index (χ2n) is 5.62. The quantitative estimate of drug-likeness (QED) is 0.575. The van der Waals surface area contributed by atoms with Crippen LogP contribution in [-0.4, -0.2) is 30.8 Å². The van der Waals surface area contributed by atoms with Crippen LogP contribution in [0.5, 0.6) is 0 Å². The third-order valence-electron chi connectivity index (χ3n) is 3.53. The fraction of sp³-hybridized carbons (Fsp3) is 0.278. The molecule has 0 aliphatic rings. The number of amides is 3. The number of furan rings is 1. The molecular weight excluding hydrogens is 360 g/mol. The van der Waals surface area contributed by atoms with Gasteiger partial charge in [0.25, 0.3) is 5.91 Å². The molecule has 27 heavy (non-hydrogen) atoms. The van der Waals surface area contributed by atoms with Gasteiger partial charge in [0.15, 0.2) is 0 Å². The van der Waals surface area contributed by atoms with Crippen molar-refractivity contribution in [3.05, 3.63) is 59.6 Å². The lowest BCUT2D eigenvalue weighted by molar-refractivity contribution is -0.126. The molecule has 0 radical (unpaired) electrons. The maximum absolute atomic E-state index is 13.5. The van der Waals surface area contributed by atoms with E-state index in [0.29, 0.717) is 18.2 Å². The van der Waals surface area contributed by atoms with Gasteiger partial charge < -0.3 is 20.4 Å². The summed E-state index contributed by atoms with van der Waals surface area (Å²) in [6.07, 6.45) is 1.87. The Kier molecular flexibility index (Phi) is 7.48. The van der Waals surface area contributed by atoms with E-state index in [4.69, 9.17) is 4.42 Å². The summed E-state index contributed by atoms with van der Waals surface area (Å²) >= 11 is 0. The van der Waals surface area contributed by atoms with Crippen LogP contribution in [-0.2, 0) is 16.1 Å². The number of carbonyl (C=O) groups excluding carboxylic acids is 3. The van der Waals surface area contributed by atoms with Gasteiger partial charge in [-0.15, -0.1) is 0 Å². The first-order chi connectivity index (χ1) is 13.0. The SMILES string of the molecule is O=C(CCCNC(=O)c1ccc(F)cc1F)NCC(=O)NCc1ccco1. The molecule has 0 spiro atoms. The Morgan fingerprint density at radius 1 is 1.00 bits per heavy atom. The standard InChI is InChI=1S/C18H19F2N3O4/c19-12-5-6-14(15(20)9-12)18(26)21-7-1-4-16(24)23-11-17(25)22-10-13-3-2-8-27-13/h2-3,5-6,8-9H,1,4,7,10-11H2,(H,21,26)(H,22,25)(H,23,24). The van der Waals surface area contributed by atoms with E-state index in [0.717, 1.165) is 12.1 Å². The Morgan fingerprint density at radius 2 is 1.81 bits per heavy atom. The van der Waals surface area contributed by atoms with Crippen molar-refractivity contribution in [2.45, 2.75) is 19.4 Å². The molecule has 0 saturated heterocycles. The number of hydrogen-bond acceptors (Lipinski definition) is 4. The number of rotatable bonds is 9. The van der Waals surface area contributed by atoms with E-state index in [1.54, 1.807) is 12.1 Å². The summed E-state index contributed by atoms with van der Waals surface area (Å²) in [7, 11) is 0. The van der Waals surface area contributed by atoms with Gasteiger partial charge in [-0.2, -0.15) is 0 Å². The van der Waals surface area contributed by atoms with E-state index >= 15 is 0 Å². The molecule has 3 N–H and O–H groups in total. The van der Waals surface area contributed by atoms with Crippen molar-refractivity contribution in [3.63, 3.8) is 0 Å². The highest BCUT2D eigenvalue weighted by atomic mass is 19.1. The van der Waals surface area contributed by atoms with E-state index in [1.807, 2.05) is 0 Å². The van der Waals surface area contributed by atoms with Gasteiger partial charge in [-0.1, -0.05) is 0 Å². The molecule has 2 aromatic rings. The highest BCUT2D eigenvalue weighted by molar-refractivity contribution is 5.94. The van der Waals surface area contributed by atoms with Gasteiger partial charge in [0.2, 0.25) is 11.8 Å². The predicted octanol–water partition coefficient (Wildman–Crippen LogP) is 1.50. The average Bonchev–Trinajstić information content (AvgIpc) is 3.15. The van der Waals surface area contributed by atoms with Crippen molar-refractivity contribution in [1.29, 1.82) is 0 Å². The van der Waals surface area contributed by atoms with Gasteiger partial charge in [0.05, 0.1) is 24.9 Å². The van der Waals surface area contributed by atoms with Crippen molar-refractivity contribution < 1.29 is 27.6 Å². The molecule has 0 aliphatic heterocycles. The third-order valence-corrected chi connectivity index (χ3v) is 3.53. The van der Waals surface area contributed by atoms with Crippen LogP contribution in [0.2, 0.25) is 0 Å². The third kappa shape index (κ3) is 6.89. The van der Waals surface area contributed by atoms with Crippen LogP contribution in [0.15, 0.2) is 41.0 Å². The van der Waals surface area contributed by atoms with Gasteiger partial charge in [0, 0.05) is 19.0 Å². The highest BCUT2D eigenvalue weighted by Gasteiger charge is 2.12. The zero-order chi connectivity index (χ0) is 19.6. The maximum Gasteiger partial charge on any atom is 0.254 e. The molecule has 0 fully saturated rings. The Labute approximate surface area is 154 Å². The molecule has 1 aromatic carbocycles. The number of halogens is 2. The van der Waals surface area contributed by atoms with E-state index in [2.05, 4.69) is 16.0 Å². The molecule has 0 saturated carbocycles. The molecule has 144 valence electrons. The Morgan fingerprint density at radius 3 is 2.52 bits per heavy atom. The van der Waals surface area contributed by atoms with Crippen LogP contribution in [0.25, 0.3) is 0 Å². The monoisotopic (exact) mass is 379 g/mol. The van der Waals surface area contributed by atoms with Crippen molar-refractivity contribution in [1.82, 2.24) is 16.0 Å². The van der Waals surface area contributed by atoms with E-state index < -0.39 is 17.5 Å². The minimum atomic E-state index is -0.953. The lowest BCUT2D eigenvalue weighted by atomic mass is 10.2. The molecule has 0 atom stereocenters. The van der Waals surface area contributed by atoms with Gasteiger partial charge >= 0.3 is 0 Å². The average molecular weight is 379 g/mol. The number of hydrogen-bond donors (Lipinski definition) is 3. The van der Waals surface area contributed by atoms with Crippen LogP contribution >= 0.6 is 0 Å². The minimum Gasteiger partial charge on any atom is -0.467 e. The summed E-state index contributed by atoms with van der Waals surface area (Å²) in [4.78, 5) is 35.0. The zero-order valence-electron chi connectivity index (χ0n) is 14.4. The summed E-state index contributed by atoms with van der Waals surface area (Å²) in [6.45, 7) is 0.189. The molecule has 9 heteroatoms. The van der Waals surface area contributed by atoms with Crippen LogP contribution in [0.3, 0.4) is 0 Å². The van der Waals surface area contributed by atoms with Gasteiger partial charge in [-0.3, -0.25) is 14.4 Å².